The lowest BCUT2D eigenvalue weighted by Crippen LogP contribution is -2.51. The van der Waals surface area contributed by atoms with Crippen LogP contribution in [0.3, 0.4) is 0 Å². The molecule has 0 amide bonds. The second-order valence-corrected chi connectivity index (χ2v) is 10.2. The van der Waals surface area contributed by atoms with E-state index in [0.717, 1.165) is 19.4 Å². The molecular formula is C27H29F2N7O. The van der Waals surface area contributed by atoms with Crippen LogP contribution in [0.1, 0.15) is 25.7 Å². The van der Waals surface area contributed by atoms with Crippen molar-refractivity contribution in [2.45, 2.75) is 43.4 Å². The lowest BCUT2D eigenvalue weighted by Gasteiger charge is -2.34. The number of halogens is 2. The number of alkyl halides is 1. The molecule has 0 spiro atoms. The summed E-state index contributed by atoms with van der Waals surface area (Å²) in [7, 11) is 0. The van der Waals surface area contributed by atoms with E-state index in [1.807, 2.05) is 23.1 Å². The van der Waals surface area contributed by atoms with Crippen molar-refractivity contribution in [1.29, 1.82) is 5.26 Å². The number of ether oxygens (including phenoxy) is 1. The maximum atomic E-state index is 15.9. The molecule has 8 nitrogen and oxygen atoms in total. The van der Waals surface area contributed by atoms with Gasteiger partial charge in [-0.3, -0.25) is 9.88 Å². The normalized spacial score (nSPS) is 25.8. The van der Waals surface area contributed by atoms with Gasteiger partial charge in [-0.05, 0) is 19.4 Å². The fourth-order valence-electron chi connectivity index (χ4n) is 6.04. The molecule has 192 valence electrons. The van der Waals surface area contributed by atoms with Gasteiger partial charge in [0.1, 0.15) is 29.8 Å². The van der Waals surface area contributed by atoms with Crippen LogP contribution in [0.15, 0.2) is 36.5 Å². The number of nitrogens with zero attached hydrogens (tertiary/aromatic N) is 6. The predicted molar refractivity (Wildman–Crippen MR) is 136 cm³/mol. The fraction of sp³-hybridized carbons (Fsp3) is 0.481. The quantitative estimate of drug-likeness (QED) is 0.545. The van der Waals surface area contributed by atoms with Gasteiger partial charge in [0.2, 0.25) is 0 Å². The molecule has 1 aromatic carbocycles. The van der Waals surface area contributed by atoms with Crippen molar-refractivity contribution in [1.82, 2.24) is 25.2 Å². The molecule has 0 saturated carbocycles. The lowest BCUT2D eigenvalue weighted by atomic mass is 9.95. The number of nitrogens with one attached hydrogen (secondary N) is 1. The number of anilines is 1. The number of hydrogen-bond acceptors (Lipinski definition) is 8. The third-order valence-corrected chi connectivity index (χ3v) is 7.81. The zero-order chi connectivity index (χ0) is 25.4. The zero-order valence-corrected chi connectivity index (χ0v) is 20.5. The standard InChI is InChI=1S/C27H29F2N7O/c28-19-13-27(8-4-11-36(27)15-19)17-37-26-33-24-21(14-32-23(22(24)29)18-5-2-1-3-6-18)25(34-26)35-12-10-31-20(16-35)7-9-30/h1-3,5-6,14,19-20,31H,4,7-8,10-13,15-17H2/t19-,20+,27+/m1/s1. The second kappa shape index (κ2) is 9.80. The van der Waals surface area contributed by atoms with E-state index < -0.39 is 12.0 Å². The Morgan fingerprint density at radius 1 is 1.19 bits per heavy atom. The summed E-state index contributed by atoms with van der Waals surface area (Å²) < 4.78 is 36.4. The molecule has 0 bridgehead atoms. The van der Waals surface area contributed by atoms with Crippen LogP contribution in [0.4, 0.5) is 14.6 Å². The predicted octanol–water partition coefficient (Wildman–Crippen LogP) is 3.48. The van der Waals surface area contributed by atoms with E-state index in [9.17, 15) is 9.65 Å². The first kappa shape index (κ1) is 23.9. The number of pyridine rings is 1. The van der Waals surface area contributed by atoms with Gasteiger partial charge in [-0.15, -0.1) is 0 Å². The van der Waals surface area contributed by atoms with Crippen molar-refractivity contribution in [3.8, 4) is 23.3 Å². The minimum Gasteiger partial charge on any atom is -0.461 e. The molecule has 6 rings (SSSR count). The van der Waals surface area contributed by atoms with Gasteiger partial charge in [0, 0.05) is 50.4 Å². The number of aromatic nitrogens is 3. The summed E-state index contributed by atoms with van der Waals surface area (Å²) in [5.74, 6) is -0.00252. The Kier molecular flexibility index (Phi) is 6.34. The molecule has 3 aliphatic rings. The van der Waals surface area contributed by atoms with Crippen LogP contribution in [0.2, 0.25) is 0 Å². The first-order valence-corrected chi connectivity index (χ1v) is 12.9. The van der Waals surface area contributed by atoms with Crippen molar-refractivity contribution >= 4 is 16.7 Å². The minimum atomic E-state index is -0.869. The van der Waals surface area contributed by atoms with E-state index in [2.05, 4.69) is 26.3 Å². The highest BCUT2D eigenvalue weighted by atomic mass is 19.1. The number of piperazine rings is 1. The molecule has 3 saturated heterocycles. The van der Waals surface area contributed by atoms with Crippen LogP contribution < -0.4 is 15.0 Å². The first-order valence-electron chi connectivity index (χ1n) is 12.9. The fourth-order valence-corrected chi connectivity index (χ4v) is 6.04. The lowest BCUT2D eigenvalue weighted by molar-refractivity contribution is 0.107. The van der Waals surface area contributed by atoms with Gasteiger partial charge in [-0.25, -0.2) is 8.78 Å². The minimum absolute atomic E-state index is 0.0274. The van der Waals surface area contributed by atoms with Gasteiger partial charge in [0.05, 0.1) is 23.4 Å². The molecule has 3 fully saturated rings. The highest BCUT2D eigenvalue weighted by Crippen LogP contribution is 2.40. The first-order chi connectivity index (χ1) is 18.1. The summed E-state index contributed by atoms with van der Waals surface area (Å²) in [6, 6.07) is 11.4. The molecule has 3 aliphatic heterocycles. The molecular weight excluding hydrogens is 476 g/mol. The summed E-state index contributed by atoms with van der Waals surface area (Å²) in [6.45, 7) is 3.39. The largest absolute Gasteiger partial charge is 0.461 e. The summed E-state index contributed by atoms with van der Waals surface area (Å²) in [4.78, 5) is 17.9. The molecule has 3 aromatic rings. The van der Waals surface area contributed by atoms with Crippen LogP contribution in [-0.2, 0) is 0 Å². The van der Waals surface area contributed by atoms with Gasteiger partial charge in [-0.1, -0.05) is 30.3 Å². The molecule has 1 N–H and O–H groups in total. The van der Waals surface area contributed by atoms with E-state index >= 15 is 4.39 Å². The van der Waals surface area contributed by atoms with E-state index in [1.165, 1.54) is 0 Å². The molecule has 0 unspecified atom stereocenters. The Morgan fingerprint density at radius 2 is 2.05 bits per heavy atom. The Morgan fingerprint density at radius 3 is 2.89 bits per heavy atom. The Hall–Kier alpha value is -3.42. The van der Waals surface area contributed by atoms with Crippen LogP contribution in [-0.4, -0.2) is 76.9 Å². The monoisotopic (exact) mass is 505 g/mol. The summed E-state index contributed by atoms with van der Waals surface area (Å²) in [6.07, 6.45) is 3.39. The molecule has 5 heterocycles. The van der Waals surface area contributed by atoms with Crippen molar-refractivity contribution in [2.24, 2.45) is 0 Å². The Labute approximate surface area is 214 Å². The van der Waals surface area contributed by atoms with Gasteiger partial charge in [0.25, 0.3) is 0 Å². The molecule has 2 aromatic heterocycles. The average molecular weight is 506 g/mol. The number of hydrogen-bond donors (Lipinski definition) is 1. The average Bonchev–Trinajstić information content (AvgIpc) is 3.44. The van der Waals surface area contributed by atoms with E-state index in [1.54, 1.807) is 18.3 Å². The van der Waals surface area contributed by atoms with Crippen LogP contribution in [0.25, 0.3) is 22.2 Å². The topological polar surface area (TPSA) is 90.2 Å². The van der Waals surface area contributed by atoms with Crippen molar-refractivity contribution < 1.29 is 13.5 Å². The third kappa shape index (κ3) is 4.47. The zero-order valence-electron chi connectivity index (χ0n) is 20.5. The van der Waals surface area contributed by atoms with Crippen molar-refractivity contribution in [3.05, 3.63) is 42.3 Å². The summed E-state index contributed by atoms with van der Waals surface area (Å²) >= 11 is 0. The SMILES string of the molecule is N#CC[C@H]1CN(c2nc(OC[C@@]34CCCN3C[C@H](F)C4)nc3c(F)c(-c4ccccc4)ncc23)CCN1. The third-order valence-electron chi connectivity index (χ3n) is 7.81. The highest BCUT2D eigenvalue weighted by Gasteiger charge is 2.49. The summed E-state index contributed by atoms with van der Waals surface area (Å²) in [5.41, 5.74) is 0.639. The second-order valence-electron chi connectivity index (χ2n) is 10.2. The number of fused-ring (bicyclic) bond motifs is 2. The van der Waals surface area contributed by atoms with Gasteiger partial charge in [0.15, 0.2) is 5.82 Å². The maximum absolute atomic E-state index is 15.9. The van der Waals surface area contributed by atoms with Crippen molar-refractivity contribution in [3.63, 3.8) is 0 Å². The van der Waals surface area contributed by atoms with Crippen LogP contribution in [0.5, 0.6) is 6.01 Å². The van der Waals surface area contributed by atoms with Crippen LogP contribution in [0, 0.1) is 17.1 Å². The number of benzene rings is 1. The van der Waals surface area contributed by atoms with Crippen molar-refractivity contribution in [2.75, 3.05) is 44.2 Å². The summed E-state index contributed by atoms with van der Waals surface area (Å²) in [5, 5.41) is 13.0. The molecule has 0 aliphatic carbocycles. The molecule has 0 radical (unpaired) electrons. The molecule has 37 heavy (non-hydrogen) atoms. The number of rotatable bonds is 6. The number of nitriles is 1. The van der Waals surface area contributed by atoms with E-state index in [-0.39, 0.29) is 35.4 Å². The highest BCUT2D eigenvalue weighted by molar-refractivity contribution is 5.92. The van der Waals surface area contributed by atoms with E-state index in [4.69, 9.17) is 9.72 Å². The maximum Gasteiger partial charge on any atom is 0.319 e. The van der Waals surface area contributed by atoms with Gasteiger partial charge in [-0.2, -0.15) is 15.2 Å². The smallest absolute Gasteiger partial charge is 0.319 e. The van der Waals surface area contributed by atoms with Gasteiger partial charge >= 0.3 is 6.01 Å². The molecule has 3 atom stereocenters. The van der Waals surface area contributed by atoms with E-state index in [0.29, 0.717) is 55.8 Å². The Balaban J connectivity index is 1.40. The van der Waals surface area contributed by atoms with Gasteiger partial charge < -0.3 is 15.0 Å². The Bertz CT molecular complexity index is 1330. The molecule has 10 heteroatoms. The van der Waals surface area contributed by atoms with Crippen LogP contribution >= 0.6 is 0 Å².